The van der Waals surface area contributed by atoms with Crippen molar-refractivity contribution in [2.45, 2.75) is 39.3 Å². The molecule has 0 aliphatic heterocycles. The molecule has 1 amide bonds. The number of carbonyl (C=O) groups is 1. The molecule has 0 aliphatic rings. The number of nitrogens with one attached hydrogen (secondary N) is 1. The summed E-state index contributed by atoms with van der Waals surface area (Å²) in [4.78, 5) is 16.1. The first-order valence-electron chi connectivity index (χ1n) is 6.86. The van der Waals surface area contributed by atoms with Gasteiger partial charge in [0.15, 0.2) is 0 Å². The van der Waals surface area contributed by atoms with Gasteiger partial charge in [0.1, 0.15) is 10.6 Å². The first kappa shape index (κ1) is 15.5. The number of ether oxygens (including phenoxy) is 1. The van der Waals surface area contributed by atoms with Gasteiger partial charge in [0.2, 0.25) is 0 Å². The molecule has 2 aromatic rings. The summed E-state index contributed by atoms with van der Waals surface area (Å²) in [5.41, 5.74) is 1.77. The van der Waals surface area contributed by atoms with Crippen molar-refractivity contribution in [1.29, 1.82) is 0 Å². The normalized spacial score (nSPS) is 11.2. The van der Waals surface area contributed by atoms with Gasteiger partial charge >= 0.3 is 6.09 Å². The fourth-order valence-corrected chi connectivity index (χ4v) is 2.51. The van der Waals surface area contributed by atoms with Crippen LogP contribution >= 0.6 is 11.3 Å². The zero-order valence-corrected chi connectivity index (χ0v) is 13.4. The number of carbonyl (C=O) groups excluding carboxylic acids is 1. The van der Waals surface area contributed by atoms with Crippen LogP contribution in [0.15, 0.2) is 35.7 Å². The SMILES string of the molecule is CC(C)(C)OC(=O)NCc1nc(Cc2ccccc2)cs1. The number of hydrogen-bond donors (Lipinski definition) is 1. The molecule has 21 heavy (non-hydrogen) atoms. The van der Waals surface area contributed by atoms with Crippen LogP contribution in [0.4, 0.5) is 4.79 Å². The van der Waals surface area contributed by atoms with Crippen LogP contribution in [-0.2, 0) is 17.7 Å². The summed E-state index contributed by atoms with van der Waals surface area (Å²) in [5, 5.41) is 5.63. The lowest BCUT2D eigenvalue weighted by Gasteiger charge is -2.19. The molecule has 4 nitrogen and oxygen atoms in total. The molecule has 2 rings (SSSR count). The average molecular weight is 304 g/mol. The van der Waals surface area contributed by atoms with E-state index in [1.54, 1.807) is 11.3 Å². The van der Waals surface area contributed by atoms with Crippen molar-refractivity contribution >= 4 is 17.4 Å². The Hall–Kier alpha value is -1.88. The molecule has 0 spiro atoms. The van der Waals surface area contributed by atoms with Crippen molar-refractivity contribution in [2.24, 2.45) is 0 Å². The van der Waals surface area contributed by atoms with E-state index in [1.165, 1.54) is 5.56 Å². The van der Waals surface area contributed by atoms with E-state index in [4.69, 9.17) is 4.74 Å². The van der Waals surface area contributed by atoms with Crippen molar-refractivity contribution in [3.05, 3.63) is 52.0 Å². The third kappa shape index (κ3) is 5.55. The Bertz CT molecular complexity index is 588. The van der Waals surface area contributed by atoms with Gasteiger partial charge in [0.25, 0.3) is 0 Å². The molecule has 0 radical (unpaired) electrons. The number of amides is 1. The molecule has 0 bridgehead atoms. The number of nitrogens with zero attached hydrogens (tertiary/aromatic N) is 1. The summed E-state index contributed by atoms with van der Waals surface area (Å²) < 4.78 is 5.19. The molecule has 1 aromatic heterocycles. The van der Waals surface area contributed by atoms with E-state index in [9.17, 15) is 4.79 Å². The fourth-order valence-electron chi connectivity index (χ4n) is 1.78. The minimum atomic E-state index is -0.481. The van der Waals surface area contributed by atoms with E-state index < -0.39 is 11.7 Å². The lowest BCUT2D eigenvalue weighted by atomic mass is 10.1. The van der Waals surface area contributed by atoms with Crippen molar-refractivity contribution in [3.63, 3.8) is 0 Å². The van der Waals surface area contributed by atoms with E-state index in [-0.39, 0.29) is 0 Å². The molecule has 0 aliphatic carbocycles. The molecule has 5 heteroatoms. The smallest absolute Gasteiger partial charge is 0.408 e. The van der Waals surface area contributed by atoms with Gasteiger partial charge in [-0.05, 0) is 26.3 Å². The molecule has 0 atom stereocenters. The highest BCUT2D eigenvalue weighted by atomic mass is 32.1. The quantitative estimate of drug-likeness (QED) is 0.935. The molecule has 1 aromatic carbocycles. The van der Waals surface area contributed by atoms with Crippen LogP contribution in [0.1, 0.15) is 37.0 Å². The Morgan fingerprint density at radius 3 is 2.67 bits per heavy atom. The second kappa shape index (κ2) is 6.72. The van der Waals surface area contributed by atoms with Crippen molar-refractivity contribution in [1.82, 2.24) is 10.3 Å². The minimum absolute atomic E-state index is 0.397. The lowest BCUT2D eigenvalue weighted by molar-refractivity contribution is 0.0523. The van der Waals surface area contributed by atoms with Gasteiger partial charge in [-0.2, -0.15) is 0 Å². The van der Waals surface area contributed by atoms with Crippen molar-refractivity contribution < 1.29 is 9.53 Å². The summed E-state index contributed by atoms with van der Waals surface area (Å²) in [6.07, 6.45) is 0.395. The van der Waals surface area contributed by atoms with Crippen LogP contribution in [0.2, 0.25) is 0 Å². The Morgan fingerprint density at radius 1 is 1.29 bits per heavy atom. The predicted molar refractivity (Wildman–Crippen MR) is 84.4 cm³/mol. The van der Waals surface area contributed by atoms with Crippen LogP contribution in [0, 0.1) is 0 Å². The summed E-state index contributed by atoms with van der Waals surface area (Å²) in [5.74, 6) is 0. The predicted octanol–water partition coefficient (Wildman–Crippen LogP) is 3.76. The molecule has 0 saturated carbocycles. The van der Waals surface area contributed by atoms with Gasteiger partial charge in [-0.15, -0.1) is 11.3 Å². The molecular weight excluding hydrogens is 284 g/mol. The van der Waals surface area contributed by atoms with E-state index in [0.29, 0.717) is 6.54 Å². The highest BCUT2D eigenvalue weighted by molar-refractivity contribution is 7.09. The maximum atomic E-state index is 11.6. The van der Waals surface area contributed by atoms with Gasteiger partial charge < -0.3 is 10.1 Å². The maximum Gasteiger partial charge on any atom is 0.408 e. The summed E-state index contributed by atoms with van der Waals surface area (Å²) in [6.45, 7) is 5.92. The number of thiazole rings is 1. The molecule has 0 fully saturated rings. The molecule has 0 unspecified atom stereocenters. The van der Waals surface area contributed by atoms with E-state index in [0.717, 1.165) is 17.1 Å². The molecule has 1 heterocycles. The van der Waals surface area contributed by atoms with E-state index >= 15 is 0 Å². The van der Waals surface area contributed by atoms with Crippen molar-refractivity contribution in [3.8, 4) is 0 Å². The molecule has 112 valence electrons. The topological polar surface area (TPSA) is 51.2 Å². The lowest BCUT2D eigenvalue weighted by Crippen LogP contribution is -2.32. The highest BCUT2D eigenvalue weighted by Crippen LogP contribution is 2.14. The summed E-state index contributed by atoms with van der Waals surface area (Å²) >= 11 is 1.55. The van der Waals surface area contributed by atoms with E-state index in [2.05, 4.69) is 22.4 Å². The number of alkyl carbamates (subject to hydrolysis) is 1. The first-order chi connectivity index (χ1) is 9.92. The first-order valence-corrected chi connectivity index (χ1v) is 7.74. The molecule has 0 saturated heterocycles. The second-order valence-electron chi connectivity index (χ2n) is 5.75. The molecule has 1 N–H and O–H groups in total. The Labute approximate surface area is 129 Å². The number of aromatic nitrogens is 1. The maximum absolute atomic E-state index is 11.6. The second-order valence-corrected chi connectivity index (χ2v) is 6.69. The van der Waals surface area contributed by atoms with Crippen molar-refractivity contribution in [2.75, 3.05) is 0 Å². The van der Waals surface area contributed by atoms with E-state index in [1.807, 2.05) is 44.4 Å². The zero-order chi connectivity index (χ0) is 15.3. The third-order valence-electron chi connectivity index (χ3n) is 2.61. The van der Waals surface area contributed by atoms with Crippen LogP contribution < -0.4 is 5.32 Å². The van der Waals surface area contributed by atoms with Gasteiger partial charge in [-0.3, -0.25) is 0 Å². The monoisotopic (exact) mass is 304 g/mol. The fraction of sp³-hybridized carbons (Fsp3) is 0.375. The number of benzene rings is 1. The third-order valence-corrected chi connectivity index (χ3v) is 3.51. The Kier molecular flexibility index (Phi) is 4.96. The van der Waals surface area contributed by atoms with Crippen LogP contribution in [0.25, 0.3) is 0 Å². The van der Waals surface area contributed by atoms with Gasteiger partial charge in [0.05, 0.1) is 12.2 Å². The van der Waals surface area contributed by atoms with Gasteiger partial charge in [-0.1, -0.05) is 30.3 Å². The van der Waals surface area contributed by atoms with Gasteiger partial charge in [-0.25, -0.2) is 9.78 Å². The van der Waals surface area contributed by atoms with Gasteiger partial charge in [0, 0.05) is 11.8 Å². The van der Waals surface area contributed by atoms with Crippen LogP contribution in [0.5, 0.6) is 0 Å². The molecular formula is C16H20N2O2S. The highest BCUT2D eigenvalue weighted by Gasteiger charge is 2.16. The Morgan fingerprint density at radius 2 is 2.00 bits per heavy atom. The number of hydrogen-bond acceptors (Lipinski definition) is 4. The Balaban J connectivity index is 1.85. The van der Waals surface area contributed by atoms with Crippen LogP contribution in [-0.4, -0.2) is 16.7 Å². The average Bonchev–Trinajstić information content (AvgIpc) is 2.83. The number of rotatable bonds is 4. The minimum Gasteiger partial charge on any atom is -0.444 e. The summed E-state index contributed by atoms with van der Waals surface area (Å²) in [7, 11) is 0. The largest absolute Gasteiger partial charge is 0.444 e. The standard InChI is InChI=1S/C16H20N2O2S/c1-16(2,3)20-15(19)17-10-14-18-13(11-21-14)9-12-7-5-4-6-8-12/h4-8,11H,9-10H2,1-3H3,(H,17,19). The van der Waals surface area contributed by atoms with Crippen LogP contribution in [0.3, 0.4) is 0 Å². The zero-order valence-electron chi connectivity index (χ0n) is 12.6. The summed E-state index contributed by atoms with van der Waals surface area (Å²) in [6, 6.07) is 10.2.